The second kappa shape index (κ2) is 4.19. The van der Waals surface area contributed by atoms with E-state index in [0.29, 0.717) is 22.1 Å². The third-order valence-corrected chi connectivity index (χ3v) is 2.59. The number of hydrogen-bond donors (Lipinski definition) is 2. The van der Waals surface area contributed by atoms with Crippen molar-refractivity contribution in [2.45, 2.75) is 12.5 Å². The number of halogens is 1. The zero-order valence-electron chi connectivity index (χ0n) is 8.27. The molecule has 0 fully saturated rings. The highest BCUT2D eigenvalue weighted by atomic mass is 35.5. The Morgan fingerprint density at radius 1 is 1.50 bits per heavy atom. The van der Waals surface area contributed by atoms with E-state index in [1.54, 1.807) is 12.1 Å². The minimum absolute atomic E-state index is 0.0753. The molecule has 1 heterocycles. The summed E-state index contributed by atoms with van der Waals surface area (Å²) in [5.41, 5.74) is 6.36. The first-order valence-electron chi connectivity index (χ1n) is 4.65. The molecule has 0 saturated heterocycles. The third kappa shape index (κ3) is 1.91. The van der Waals surface area contributed by atoms with Gasteiger partial charge < -0.3 is 20.3 Å². The standard InChI is InChI=1S/C10H10ClNO4/c11-6-2-1-5(7(12)3-8(13)14)9-10(6)16-4-15-9/h1-2,7H,3-4,12H2,(H,13,14). The largest absolute Gasteiger partial charge is 0.481 e. The van der Waals surface area contributed by atoms with E-state index in [9.17, 15) is 4.79 Å². The van der Waals surface area contributed by atoms with E-state index in [1.165, 1.54) is 0 Å². The molecule has 1 aromatic carbocycles. The molecule has 0 aromatic heterocycles. The summed E-state index contributed by atoms with van der Waals surface area (Å²) in [6.45, 7) is 0.0753. The van der Waals surface area contributed by atoms with Crippen LogP contribution in [0.25, 0.3) is 0 Å². The molecule has 0 amide bonds. The van der Waals surface area contributed by atoms with Gasteiger partial charge in [0.15, 0.2) is 11.5 Å². The van der Waals surface area contributed by atoms with Crippen LogP contribution in [0.4, 0.5) is 0 Å². The minimum atomic E-state index is -0.963. The maximum atomic E-state index is 10.6. The first-order chi connectivity index (χ1) is 7.59. The van der Waals surface area contributed by atoms with Crippen molar-refractivity contribution in [1.29, 1.82) is 0 Å². The summed E-state index contributed by atoms with van der Waals surface area (Å²) in [5.74, 6) is -0.0867. The van der Waals surface area contributed by atoms with Crippen molar-refractivity contribution in [1.82, 2.24) is 0 Å². The summed E-state index contributed by atoms with van der Waals surface area (Å²) >= 11 is 5.89. The van der Waals surface area contributed by atoms with E-state index in [1.807, 2.05) is 0 Å². The van der Waals surface area contributed by atoms with E-state index in [2.05, 4.69) is 0 Å². The summed E-state index contributed by atoms with van der Waals surface area (Å²) in [6.07, 6.45) is -0.169. The van der Waals surface area contributed by atoms with Crippen molar-refractivity contribution in [2.75, 3.05) is 6.79 Å². The number of aliphatic carboxylic acids is 1. The maximum absolute atomic E-state index is 10.6. The van der Waals surface area contributed by atoms with Crippen molar-refractivity contribution in [3.8, 4) is 11.5 Å². The van der Waals surface area contributed by atoms with Gasteiger partial charge in [0.25, 0.3) is 0 Å². The number of carbonyl (C=O) groups is 1. The van der Waals surface area contributed by atoms with Gasteiger partial charge in [-0.2, -0.15) is 0 Å². The lowest BCUT2D eigenvalue weighted by atomic mass is 10.0. The van der Waals surface area contributed by atoms with Gasteiger partial charge in [-0.15, -0.1) is 0 Å². The molecule has 0 bridgehead atoms. The average molecular weight is 244 g/mol. The van der Waals surface area contributed by atoms with Gasteiger partial charge in [0.05, 0.1) is 11.4 Å². The molecule has 1 aliphatic rings. The van der Waals surface area contributed by atoms with Crippen LogP contribution in [0.2, 0.25) is 5.02 Å². The SMILES string of the molecule is NC(CC(=O)O)c1ccc(Cl)c2c1OCO2. The van der Waals surface area contributed by atoms with Gasteiger partial charge >= 0.3 is 5.97 Å². The monoisotopic (exact) mass is 243 g/mol. The summed E-state index contributed by atoms with van der Waals surface area (Å²) < 4.78 is 10.4. The van der Waals surface area contributed by atoms with Crippen molar-refractivity contribution in [3.05, 3.63) is 22.7 Å². The van der Waals surface area contributed by atoms with Crippen LogP contribution >= 0.6 is 11.6 Å². The van der Waals surface area contributed by atoms with Gasteiger partial charge in [-0.3, -0.25) is 4.79 Å². The van der Waals surface area contributed by atoms with Crippen molar-refractivity contribution in [3.63, 3.8) is 0 Å². The van der Waals surface area contributed by atoms with Gasteiger partial charge in [-0.1, -0.05) is 17.7 Å². The molecule has 6 heteroatoms. The van der Waals surface area contributed by atoms with Gasteiger partial charge in [0.2, 0.25) is 6.79 Å². The predicted octanol–water partition coefficient (Wildman–Crippen LogP) is 1.54. The molecule has 0 radical (unpaired) electrons. The highest BCUT2D eigenvalue weighted by molar-refractivity contribution is 6.32. The number of rotatable bonds is 3. The van der Waals surface area contributed by atoms with E-state index in [0.717, 1.165) is 0 Å². The quantitative estimate of drug-likeness (QED) is 0.842. The molecular formula is C10H10ClNO4. The van der Waals surface area contributed by atoms with Crippen LogP contribution in [0.15, 0.2) is 12.1 Å². The average Bonchev–Trinajstić information content (AvgIpc) is 2.66. The Balaban J connectivity index is 2.35. The summed E-state index contributed by atoms with van der Waals surface area (Å²) in [7, 11) is 0. The molecule has 5 nitrogen and oxygen atoms in total. The smallest absolute Gasteiger partial charge is 0.305 e. The van der Waals surface area contributed by atoms with Crippen LogP contribution in [0.1, 0.15) is 18.0 Å². The van der Waals surface area contributed by atoms with Gasteiger partial charge in [0.1, 0.15) is 0 Å². The fourth-order valence-corrected chi connectivity index (χ4v) is 1.78. The maximum Gasteiger partial charge on any atom is 0.305 e. The molecule has 0 aliphatic carbocycles. The van der Waals surface area contributed by atoms with E-state index < -0.39 is 12.0 Å². The summed E-state index contributed by atoms with van der Waals surface area (Å²) in [5, 5.41) is 9.10. The number of ether oxygens (including phenoxy) is 2. The fraction of sp³-hybridized carbons (Fsp3) is 0.300. The Labute approximate surface area is 96.7 Å². The first kappa shape index (κ1) is 11.0. The molecule has 86 valence electrons. The highest BCUT2D eigenvalue weighted by Crippen LogP contribution is 2.43. The van der Waals surface area contributed by atoms with Gasteiger partial charge in [0, 0.05) is 11.6 Å². The number of hydrogen-bond acceptors (Lipinski definition) is 4. The molecule has 1 unspecified atom stereocenters. The van der Waals surface area contributed by atoms with Crippen LogP contribution in [0.3, 0.4) is 0 Å². The molecule has 1 aromatic rings. The van der Waals surface area contributed by atoms with E-state index >= 15 is 0 Å². The normalized spacial score (nSPS) is 14.9. The lowest BCUT2D eigenvalue weighted by Gasteiger charge is -2.12. The van der Waals surface area contributed by atoms with Crippen LogP contribution in [0, 0.1) is 0 Å². The van der Waals surface area contributed by atoms with Crippen molar-refractivity contribution >= 4 is 17.6 Å². The molecule has 3 N–H and O–H groups in total. The molecule has 0 spiro atoms. The van der Waals surface area contributed by atoms with Crippen molar-refractivity contribution in [2.24, 2.45) is 5.73 Å². The van der Waals surface area contributed by atoms with Gasteiger partial charge in [-0.25, -0.2) is 0 Å². The molecule has 1 aliphatic heterocycles. The van der Waals surface area contributed by atoms with Crippen LogP contribution in [0.5, 0.6) is 11.5 Å². The predicted molar refractivity (Wildman–Crippen MR) is 56.8 cm³/mol. The third-order valence-electron chi connectivity index (χ3n) is 2.30. The summed E-state index contributed by atoms with van der Waals surface area (Å²) in [4.78, 5) is 10.6. The first-order valence-corrected chi connectivity index (χ1v) is 5.02. The number of carboxylic acids is 1. The summed E-state index contributed by atoms with van der Waals surface area (Å²) in [6, 6.07) is 2.64. The number of carboxylic acid groups (broad SMARTS) is 1. The zero-order chi connectivity index (χ0) is 11.7. The Hall–Kier alpha value is -1.46. The Kier molecular flexibility index (Phi) is 2.89. The number of benzene rings is 1. The molecule has 2 rings (SSSR count). The molecule has 0 saturated carbocycles. The van der Waals surface area contributed by atoms with E-state index in [4.69, 9.17) is 31.9 Å². The number of fused-ring (bicyclic) bond motifs is 1. The zero-order valence-corrected chi connectivity index (χ0v) is 9.03. The van der Waals surface area contributed by atoms with Crippen molar-refractivity contribution < 1.29 is 19.4 Å². The highest BCUT2D eigenvalue weighted by Gasteiger charge is 2.25. The molecular weight excluding hydrogens is 234 g/mol. The lowest BCUT2D eigenvalue weighted by molar-refractivity contribution is -0.137. The lowest BCUT2D eigenvalue weighted by Crippen LogP contribution is -2.15. The topological polar surface area (TPSA) is 81.8 Å². The van der Waals surface area contributed by atoms with Crippen LogP contribution in [-0.4, -0.2) is 17.9 Å². The van der Waals surface area contributed by atoms with Crippen LogP contribution in [-0.2, 0) is 4.79 Å². The Bertz CT molecular complexity index is 435. The van der Waals surface area contributed by atoms with Crippen LogP contribution < -0.4 is 15.2 Å². The molecule has 1 atom stereocenters. The second-order valence-corrected chi connectivity index (χ2v) is 3.81. The fourth-order valence-electron chi connectivity index (χ4n) is 1.57. The van der Waals surface area contributed by atoms with E-state index in [-0.39, 0.29) is 13.2 Å². The van der Waals surface area contributed by atoms with Gasteiger partial charge in [-0.05, 0) is 6.07 Å². The Morgan fingerprint density at radius 3 is 2.88 bits per heavy atom. The second-order valence-electron chi connectivity index (χ2n) is 3.41. The number of nitrogens with two attached hydrogens (primary N) is 1. The Morgan fingerprint density at radius 2 is 2.19 bits per heavy atom. The molecule has 16 heavy (non-hydrogen) atoms. The minimum Gasteiger partial charge on any atom is -0.481 e.